The predicted molar refractivity (Wildman–Crippen MR) is 88.9 cm³/mol. The molecule has 3 N–H and O–H groups in total. The maximum Gasteiger partial charge on any atom is 0.262 e. The summed E-state index contributed by atoms with van der Waals surface area (Å²) in [5.41, 5.74) is 8.04. The van der Waals surface area contributed by atoms with Gasteiger partial charge in [0.15, 0.2) is 6.61 Å². The zero-order valence-corrected chi connectivity index (χ0v) is 13.2. The first-order valence-electron chi connectivity index (χ1n) is 6.09. The Kier molecular flexibility index (Phi) is 4.84. The van der Waals surface area contributed by atoms with Gasteiger partial charge in [0, 0.05) is 3.57 Å². The van der Waals surface area contributed by atoms with Crippen molar-refractivity contribution in [3.05, 3.63) is 51.6 Å². The molecule has 0 fully saturated rings. The van der Waals surface area contributed by atoms with Crippen LogP contribution in [0, 0.1) is 10.5 Å². The Bertz CT molecular complexity index is 612. The number of hydrogen-bond donors (Lipinski definition) is 2. The van der Waals surface area contributed by atoms with Gasteiger partial charge in [0.1, 0.15) is 5.75 Å². The van der Waals surface area contributed by atoms with Gasteiger partial charge < -0.3 is 15.8 Å². The molecule has 0 radical (unpaired) electrons. The summed E-state index contributed by atoms with van der Waals surface area (Å²) in [6, 6.07) is 13.0. The summed E-state index contributed by atoms with van der Waals surface area (Å²) in [7, 11) is 0. The Balaban J connectivity index is 1.90. The summed E-state index contributed by atoms with van der Waals surface area (Å²) in [5, 5.41) is 2.73. The number of anilines is 2. The molecule has 1 amide bonds. The van der Waals surface area contributed by atoms with Crippen LogP contribution in [-0.4, -0.2) is 12.5 Å². The monoisotopic (exact) mass is 382 g/mol. The van der Waals surface area contributed by atoms with E-state index < -0.39 is 0 Å². The average Bonchev–Trinajstić information content (AvgIpc) is 2.41. The molecule has 0 saturated carbocycles. The molecule has 0 heterocycles. The highest BCUT2D eigenvalue weighted by Crippen LogP contribution is 2.19. The normalized spacial score (nSPS) is 10.1. The van der Waals surface area contributed by atoms with Crippen molar-refractivity contribution in [3.8, 4) is 5.75 Å². The van der Waals surface area contributed by atoms with Crippen LogP contribution in [0.5, 0.6) is 5.75 Å². The quantitative estimate of drug-likeness (QED) is 0.631. The first kappa shape index (κ1) is 14.6. The number of hydrogen-bond acceptors (Lipinski definition) is 3. The minimum atomic E-state index is -0.237. The van der Waals surface area contributed by atoms with Gasteiger partial charge in [0.2, 0.25) is 0 Å². The highest BCUT2D eigenvalue weighted by Gasteiger charge is 2.06. The molecule has 0 aromatic heterocycles. The first-order chi connectivity index (χ1) is 9.54. The van der Waals surface area contributed by atoms with E-state index in [1.54, 1.807) is 6.07 Å². The minimum Gasteiger partial charge on any atom is -0.484 e. The van der Waals surface area contributed by atoms with Crippen molar-refractivity contribution in [1.29, 1.82) is 0 Å². The zero-order valence-electron chi connectivity index (χ0n) is 11.0. The van der Waals surface area contributed by atoms with Crippen molar-refractivity contribution in [2.45, 2.75) is 6.92 Å². The summed E-state index contributed by atoms with van der Waals surface area (Å²) in [6.07, 6.45) is 0. The topological polar surface area (TPSA) is 64.3 Å². The number of nitrogens with two attached hydrogens (primary N) is 1. The van der Waals surface area contributed by atoms with E-state index in [0.29, 0.717) is 17.1 Å². The summed E-state index contributed by atoms with van der Waals surface area (Å²) < 4.78 is 6.52. The number of amides is 1. The summed E-state index contributed by atoms with van der Waals surface area (Å²) in [6.45, 7) is 1.90. The molecule has 0 spiro atoms. The number of carbonyl (C=O) groups is 1. The second-order valence-corrected chi connectivity index (χ2v) is 5.63. The summed E-state index contributed by atoms with van der Waals surface area (Å²) >= 11 is 2.21. The van der Waals surface area contributed by atoms with Crippen LogP contribution in [0.25, 0.3) is 0 Å². The molecule has 2 rings (SSSR count). The molecule has 0 unspecified atom stereocenters. The van der Waals surface area contributed by atoms with Crippen molar-refractivity contribution < 1.29 is 9.53 Å². The minimum absolute atomic E-state index is 0.0477. The molecule has 2 aromatic rings. The Hall–Kier alpha value is -1.76. The van der Waals surface area contributed by atoms with Gasteiger partial charge in [-0.1, -0.05) is 6.07 Å². The van der Waals surface area contributed by atoms with Crippen molar-refractivity contribution in [3.63, 3.8) is 0 Å². The van der Waals surface area contributed by atoms with Gasteiger partial charge >= 0.3 is 0 Å². The number of aryl methyl sites for hydroxylation is 1. The van der Waals surface area contributed by atoms with E-state index in [0.717, 1.165) is 9.13 Å². The molecule has 104 valence electrons. The van der Waals surface area contributed by atoms with Crippen LogP contribution < -0.4 is 15.8 Å². The average molecular weight is 382 g/mol. The lowest BCUT2D eigenvalue weighted by molar-refractivity contribution is -0.118. The molecule has 0 aliphatic heterocycles. The lowest BCUT2D eigenvalue weighted by Crippen LogP contribution is -2.20. The highest BCUT2D eigenvalue weighted by atomic mass is 127. The van der Waals surface area contributed by atoms with Crippen molar-refractivity contribution >= 4 is 39.9 Å². The van der Waals surface area contributed by atoms with E-state index in [2.05, 4.69) is 27.9 Å². The Morgan fingerprint density at radius 1 is 1.25 bits per heavy atom. The molecular weight excluding hydrogens is 367 g/mol. The van der Waals surface area contributed by atoms with Gasteiger partial charge in [-0.05, 0) is 71.5 Å². The third-order valence-electron chi connectivity index (χ3n) is 2.66. The molecule has 0 aliphatic rings. The Labute approximate surface area is 131 Å². The largest absolute Gasteiger partial charge is 0.484 e. The number of ether oxygens (including phenoxy) is 1. The number of carbonyl (C=O) groups excluding carboxylic acids is 1. The molecule has 4 nitrogen and oxygen atoms in total. The third-order valence-corrected chi connectivity index (χ3v) is 3.38. The third kappa shape index (κ3) is 4.12. The molecule has 0 saturated heterocycles. The van der Waals surface area contributed by atoms with E-state index in [4.69, 9.17) is 10.5 Å². The molecule has 2 aromatic carbocycles. The summed E-state index contributed by atoms with van der Waals surface area (Å²) in [5.74, 6) is 0.427. The van der Waals surface area contributed by atoms with Crippen LogP contribution in [0.15, 0.2) is 42.5 Å². The van der Waals surface area contributed by atoms with Crippen molar-refractivity contribution in [2.75, 3.05) is 17.7 Å². The molecule has 5 heteroatoms. The van der Waals surface area contributed by atoms with Gasteiger partial charge in [-0.25, -0.2) is 0 Å². The van der Waals surface area contributed by atoms with E-state index in [1.807, 2.05) is 43.3 Å². The van der Waals surface area contributed by atoms with Crippen LogP contribution in [0.1, 0.15) is 5.56 Å². The molecule has 20 heavy (non-hydrogen) atoms. The zero-order chi connectivity index (χ0) is 14.5. The van der Waals surface area contributed by atoms with Gasteiger partial charge in [-0.2, -0.15) is 0 Å². The number of nitrogen functional groups attached to an aromatic ring is 1. The highest BCUT2D eigenvalue weighted by molar-refractivity contribution is 14.1. The molecule has 0 aliphatic carbocycles. The molecule has 0 atom stereocenters. The second kappa shape index (κ2) is 6.60. The maximum absolute atomic E-state index is 11.8. The van der Waals surface area contributed by atoms with E-state index in [1.165, 1.54) is 0 Å². The van der Waals surface area contributed by atoms with Gasteiger partial charge in [0.05, 0.1) is 11.4 Å². The van der Waals surface area contributed by atoms with Gasteiger partial charge in [0.25, 0.3) is 5.91 Å². The number of rotatable bonds is 4. The smallest absolute Gasteiger partial charge is 0.262 e. The lowest BCUT2D eigenvalue weighted by atomic mass is 10.2. The Morgan fingerprint density at radius 3 is 2.60 bits per heavy atom. The first-order valence-corrected chi connectivity index (χ1v) is 7.17. The van der Waals surface area contributed by atoms with Gasteiger partial charge in [-0.3, -0.25) is 4.79 Å². The van der Waals surface area contributed by atoms with Crippen LogP contribution in [0.2, 0.25) is 0 Å². The number of nitrogens with one attached hydrogen (secondary N) is 1. The van der Waals surface area contributed by atoms with E-state index >= 15 is 0 Å². The van der Waals surface area contributed by atoms with Crippen LogP contribution in [-0.2, 0) is 4.79 Å². The standard InChI is InChI=1S/C15H15IN2O2/c1-10-2-7-14(13(17)8-10)18-15(19)9-20-12-5-3-11(16)4-6-12/h2-8H,9,17H2,1H3,(H,18,19). The van der Waals surface area contributed by atoms with Crippen LogP contribution in [0.3, 0.4) is 0 Å². The van der Waals surface area contributed by atoms with Crippen LogP contribution >= 0.6 is 22.6 Å². The summed E-state index contributed by atoms with van der Waals surface area (Å²) in [4.78, 5) is 11.8. The molecular formula is C15H15IN2O2. The predicted octanol–water partition coefficient (Wildman–Crippen LogP) is 3.20. The van der Waals surface area contributed by atoms with E-state index in [9.17, 15) is 4.79 Å². The SMILES string of the molecule is Cc1ccc(NC(=O)COc2ccc(I)cc2)c(N)c1. The fraction of sp³-hybridized carbons (Fsp3) is 0.133. The number of benzene rings is 2. The van der Waals surface area contributed by atoms with Crippen LogP contribution in [0.4, 0.5) is 11.4 Å². The maximum atomic E-state index is 11.8. The van der Waals surface area contributed by atoms with Crippen molar-refractivity contribution in [1.82, 2.24) is 0 Å². The fourth-order valence-corrected chi connectivity index (χ4v) is 2.02. The van der Waals surface area contributed by atoms with E-state index in [-0.39, 0.29) is 12.5 Å². The Morgan fingerprint density at radius 2 is 1.95 bits per heavy atom. The number of halogens is 1. The second-order valence-electron chi connectivity index (χ2n) is 4.38. The lowest BCUT2D eigenvalue weighted by Gasteiger charge is -2.10. The van der Waals surface area contributed by atoms with Crippen molar-refractivity contribution in [2.24, 2.45) is 0 Å². The fourth-order valence-electron chi connectivity index (χ4n) is 1.66. The van der Waals surface area contributed by atoms with Gasteiger partial charge in [-0.15, -0.1) is 0 Å². The molecule has 0 bridgehead atoms.